The molecular weight excluding hydrogens is 460 g/mol. The maximum Gasteiger partial charge on any atom is 0.433 e. The third kappa shape index (κ3) is 4.54. The number of pyridine rings is 3. The van der Waals surface area contributed by atoms with E-state index in [1.165, 1.54) is 24.4 Å². The molecule has 170 valence electrons. The van der Waals surface area contributed by atoms with Crippen molar-refractivity contribution < 1.29 is 17.6 Å². The van der Waals surface area contributed by atoms with Gasteiger partial charge in [-0.15, -0.1) is 0 Å². The molecule has 33 heavy (non-hydrogen) atoms. The fourth-order valence-corrected chi connectivity index (χ4v) is 3.61. The van der Waals surface area contributed by atoms with E-state index in [2.05, 4.69) is 20.3 Å². The van der Waals surface area contributed by atoms with Crippen LogP contribution in [0, 0.1) is 5.82 Å². The number of halogens is 5. The number of anilines is 2. The van der Waals surface area contributed by atoms with Gasteiger partial charge in [0.1, 0.15) is 11.5 Å². The van der Waals surface area contributed by atoms with Crippen molar-refractivity contribution in [2.45, 2.75) is 25.9 Å². The van der Waals surface area contributed by atoms with Gasteiger partial charge in [0.2, 0.25) is 0 Å². The predicted molar refractivity (Wildman–Crippen MR) is 119 cm³/mol. The number of aromatic nitrogens is 3. The minimum atomic E-state index is -4.59. The molecule has 4 aromatic rings. The molecule has 1 aromatic carbocycles. The molecule has 0 saturated carbocycles. The maximum absolute atomic E-state index is 13.6. The van der Waals surface area contributed by atoms with Gasteiger partial charge in [0.15, 0.2) is 0 Å². The van der Waals surface area contributed by atoms with Crippen molar-refractivity contribution >= 4 is 33.9 Å². The summed E-state index contributed by atoms with van der Waals surface area (Å²) in [7, 11) is 0. The molecule has 0 aliphatic carbocycles. The van der Waals surface area contributed by atoms with Crippen LogP contribution in [0.3, 0.4) is 0 Å². The Morgan fingerprint density at radius 1 is 1.06 bits per heavy atom. The van der Waals surface area contributed by atoms with E-state index in [1.807, 2.05) is 13.8 Å². The van der Waals surface area contributed by atoms with Gasteiger partial charge in [-0.2, -0.15) is 13.2 Å². The lowest BCUT2D eigenvalue weighted by atomic mass is 10.0. The van der Waals surface area contributed by atoms with Crippen molar-refractivity contribution in [3.8, 4) is 11.1 Å². The van der Waals surface area contributed by atoms with Gasteiger partial charge in [-0.25, -0.2) is 4.39 Å². The number of hydrogen-bond donors (Lipinski definition) is 2. The fourth-order valence-electron chi connectivity index (χ4n) is 3.43. The van der Waals surface area contributed by atoms with E-state index in [0.717, 1.165) is 12.3 Å². The molecule has 0 fully saturated rings. The van der Waals surface area contributed by atoms with Crippen molar-refractivity contribution in [3.05, 3.63) is 81.4 Å². The number of aromatic amines is 1. The van der Waals surface area contributed by atoms with Crippen LogP contribution in [0.25, 0.3) is 22.0 Å². The monoisotopic (exact) mass is 476 g/mol. The second kappa shape index (κ2) is 8.47. The van der Waals surface area contributed by atoms with Crippen molar-refractivity contribution in [1.82, 2.24) is 15.0 Å². The third-order valence-corrected chi connectivity index (χ3v) is 5.36. The molecule has 3 aromatic heterocycles. The smallest absolute Gasteiger partial charge is 0.353 e. The molecule has 0 spiro atoms. The second-order valence-corrected chi connectivity index (χ2v) is 8.10. The number of hydrogen-bond acceptors (Lipinski definition) is 4. The SMILES string of the molecule is CC(C)c1[nH]c(=O)c(-c2ccc(F)c(Cl)c2)cc1Nc1ccnc2cc(C(F)(F)F)ncc12. The largest absolute Gasteiger partial charge is 0.433 e. The van der Waals surface area contributed by atoms with E-state index in [9.17, 15) is 22.4 Å². The fraction of sp³-hybridized carbons (Fsp3) is 0.174. The van der Waals surface area contributed by atoms with Crippen LogP contribution in [0.15, 0.2) is 53.6 Å². The number of rotatable bonds is 4. The molecule has 5 nitrogen and oxygen atoms in total. The first-order valence-corrected chi connectivity index (χ1v) is 10.2. The van der Waals surface area contributed by atoms with Crippen LogP contribution in [-0.2, 0) is 6.18 Å². The molecule has 2 N–H and O–H groups in total. The summed E-state index contributed by atoms with van der Waals surface area (Å²) in [5, 5.41) is 3.43. The first-order chi connectivity index (χ1) is 15.5. The number of nitrogens with zero attached hydrogens (tertiary/aromatic N) is 2. The highest BCUT2D eigenvalue weighted by Gasteiger charge is 2.32. The number of alkyl halides is 3. The Morgan fingerprint density at radius 3 is 2.48 bits per heavy atom. The quantitative estimate of drug-likeness (QED) is 0.323. The van der Waals surface area contributed by atoms with E-state index in [1.54, 1.807) is 12.1 Å². The maximum atomic E-state index is 13.6. The minimum Gasteiger partial charge on any atom is -0.353 e. The van der Waals surface area contributed by atoms with Crippen molar-refractivity contribution in [1.29, 1.82) is 0 Å². The number of benzene rings is 1. The highest BCUT2D eigenvalue weighted by Crippen LogP contribution is 2.34. The van der Waals surface area contributed by atoms with Crippen LogP contribution in [0.2, 0.25) is 5.02 Å². The van der Waals surface area contributed by atoms with Crippen LogP contribution in [0.5, 0.6) is 0 Å². The first-order valence-electron chi connectivity index (χ1n) is 9.86. The summed E-state index contributed by atoms with van der Waals surface area (Å²) in [6.07, 6.45) is -2.10. The van der Waals surface area contributed by atoms with E-state index in [4.69, 9.17) is 11.6 Å². The van der Waals surface area contributed by atoms with Gasteiger partial charge in [0.05, 0.1) is 21.9 Å². The highest BCUT2D eigenvalue weighted by molar-refractivity contribution is 6.31. The average Bonchev–Trinajstić information content (AvgIpc) is 2.75. The molecule has 0 atom stereocenters. The van der Waals surface area contributed by atoms with E-state index in [0.29, 0.717) is 28.0 Å². The average molecular weight is 477 g/mol. The lowest BCUT2D eigenvalue weighted by Gasteiger charge is -2.17. The Morgan fingerprint density at radius 2 is 1.82 bits per heavy atom. The van der Waals surface area contributed by atoms with E-state index >= 15 is 0 Å². The first kappa shape index (κ1) is 22.7. The Labute approximate surface area is 190 Å². The predicted octanol–water partition coefficient (Wildman–Crippen LogP) is 6.66. The number of nitrogens with one attached hydrogen (secondary N) is 2. The lowest BCUT2D eigenvalue weighted by molar-refractivity contribution is -0.141. The topological polar surface area (TPSA) is 70.7 Å². The Hall–Kier alpha value is -3.46. The molecule has 4 rings (SSSR count). The molecule has 0 radical (unpaired) electrons. The normalized spacial score (nSPS) is 11.9. The number of H-pyrrole nitrogens is 1. The minimum absolute atomic E-state index is 0.0888. The zero-order chi connectivity index (χ0) is 23.9. The summed E-state index contributed by atoms with van der Waals surface area (Å²) >= 11 is 5.88. The van der Waals surface area contributed by atoms with Crippen LogP contribution in [0.1, 0.15) is 31.2 Å². The molecular formula is C23H17ClF4N4O. The Bertz CT molecular complexity index is 1420. The molecule has 0 amide bonds. The Kier molecular flexibility index (Phi) is 5.84. The molecule has 0 unspecified atom stereocenters. The zero-order valence-electron chi connectivity index (χ0n) is 17.4. The van der Waals surface area contributed by atoms with Crippen LogP contribution in [-0.4, -0.2) is 15.0 Å². The van der Waals surface area contributed by atoms with Crippen LogP contribution >= 0.6 is 11.6 Å². The summed E-state index contributed by atoms with van der Waals surface area (Å²) in [5.74, 6) is -0.697. The van der Waals surface area contributed by atoms with Crippen LogP contribution in [0.4, 0.5) is 28.9 Å². The van der Waals surface area contributed by atoms with E-state index < -0.39 is 17.7 Å². The highest BCUT2D eigenvalue weighted by atomic mass is 35.5. The van der Waals surface area contributed by atoms with Crippen molar-refractivity contribution in [2.24, 2.45) is 0 Å². The molecule has 0 bridgehead atoms. The molecule has 0 saturated heterocycles. The third-order valence-electron chi connectivity index (χ3n) is 5.07. The lowest BCUT2D eigenvalue weighted by Crippen LogP contribution is -2.15. The Balaban J connectivity index is 1.84. The van der Waals surface area contributed by atoms with Gasteiger partial charge in [-0.3, -0.25) is 14.8 Å². The van der Waals surface area contributed by atoms with Gasteiger partial charge in [-0.05, 0) is 41.8 Å². The number of fused-ring (bicyclic) bond motifs is 1. The summed E-state index contributed by atoms with van der Waals surface area (Å²) in [6.45, 7) is 3.76. The van der Waals surface area contributed by atoms with E-state index in [-0.39, 0.29) is 27.6 Å². The van der Waals surface area contributed by atoms with Gasteiger partial charge >= 0.3 is 6.18 Å². The molecule has 3 heterocycles. The van der Waals surface area contributed by atoms with Gasteiger partial charge in [0.25, 0.3) is 5.56 Å². The zero-order valence-corrected chi connectivity index (χ0v) is 18.1. The summed E-state index contributed by atoms with van der Waals surface area (Å²) in [5.41, 5.74) is 0.914. The van der Waals surface area contributed by atoms with Crippen molar-refractivity contribution in [3.63, 3.8) is 0 Å². The van der Waals surface area contributed by atoms with Gasteiger partial charge in [0, 0.05) is 29.0 Å². The molecule has 10 heteroatoms. The van der Waals surface area contributed by atoms with Gasteiger partial charge < -0.3 is 10.3 Å². The molecule has 0 aliphatic rings. The standard InChI is InChI=1S/C23H17ClF4N4O/c1-11(2)21-19(8-13(22(33)32-21)12-3-4-16(25)15(24)7-12)31-17-5-6-29-18-9-20(23(26,27)28)30-10-14(17)18/h3-11H,1-2H3,(H,29,31)(H,32,33). The summed E-state index contributed by atoms with van der Waals surface area (Å²) < 4.78 is 52.7. The summed E-state index contributed by atoms with van der Waals surface area (Å²) in [4.78, 5) is 23.1. The van der Waals surface area contributed by atoms with Gasteiger partial charge in [-0.1, -0.05) is 31.5 Å². The molecule has 0 aliphatic heterocycles. The van der Waals surface area contributed by atoms with Crippen LogP contribution < -0.4 is 10.9 Å². The second-order valence-electron chi connectivity index (χ2n) is 7.69. The summed E-state index contributed by atoms with van der Waals surface area (Å²) in [6, 6.07) is 8.03. The van der Waals surface area contributed by atoms with Crippen molar-refractivity contribution in [2.75, 3.05) is 5.32 Å².